The number of H-pyrrole nitrogens is 1. The molecule has 0 saturated heterocycles. The topological polar surface area (TPSA) is 54.7 Å². The van der Waals surface area contributed by atoms with Gasteiger partial charge >= 0.3 is 0 Å². The zero-order chi connectivity index (χ0) is 12.5. The van der Waals surface area contributed by atoms with Gasteiger partial charge in [0.15, 0.2) is 0 Å². The van der Waals surface area contributed by atoms with Gasteiger partial charge in [0.05, 0.1) is 11.9 Å². The van der Waals surface area contributed by atoms with E-state index in [4.69, 9.17) is 5.73 Å². The van der Waals surface area contributed by atoms with Gasteiger partial charge in [0, 0.05) is 16.4 Å². The maximum absolute atomic E-state index is 5.74. The quantitative estimate of drug-likeness (QED) is 0.914. The van der Waals surface area contributed by atoms with Crippen molar-refractivity contribution in [3.63, 3.8) is 0 Å². The molecule has 0 bridgehead atoms. The summed E-state index contributed by atoms with van der Waals surface area (Å²) >= 11 is 3.42. The zero-order valence-corrected chi connectivity index (χ0v) is 11.6. The second-order valence-electron chi connectivity index (χ2n) is 4.74. The van der Waals surface area contributed by atoms with Crippen molar-refractivity contribution in [1.29, 1.82) is 0 Å². The number of aromatic amines is 1. The Bertz CT molecular complexity index is 500. The van der Waals surface area contributed by atoms with Crippen molar-refractivity contribution in [3.8, 4) is 11.3 Å². The summed E-state index contributed by atoms with van der Waals surface area (Å²) in [5.74, 6) is 0.929. The predicted octanol–water partition coefficient (Wildman–Crippen LogP) is 3.08. The molecule has 1 aromatic carbocycles. The largest absolute Gasteiger partial charge is 0.342 e. The van der Waals surface area contributed by atoms with Crippen molar-refractivity contribution in [1.82, 2.24) is 9.97 Å². The van der Waals surface area contributed by atoms with Crippen molar-refractivity contribution in [3.05, 3.63) is 40.8 Å². The van der Waals surface area contributed by atoms with Crippen LogP contribution < -0.4 is 5.73 Å². The minimum absolute atomic E-state index is 0.117. The van der Waals surface area contributed by atoms with Gasteiger partial charge in [-0.15, -0.1) is 0 Å². The summed E-state index contributed by atoms with van der Waals surface area (Å²) in [6, 6.07) is 8.14. The third kappa shape index (κ3) is 2.58. The van der Waals surface area contributed by atoms with E-state index < -0.39 is 0 Å². The first-order chi connectivity index (χ1) is 8.03. The molecule has 0 aliphatic rings. The number of rotatable bonds is 3. The maximum atomic E-state index is 5.74. The van der Waals surface area contributed by atoms with Gasteiger partial charge in [-0.25, -0.2) is 4.98 Å². The summed E-state index contributed by atoms with van der Waals surface area (Å²) in [7, 11) is 0. The van der Waals surface area contributed by atoms with E-state index in [1.54, 1.807) is 0 Å². The molecule has 1 heterocycles. The molecule has 0 saturated carbocycles. The molecule has 0 aliphatic heterocycles. The molecule has 0 unspecified atom stereocenters. The third-order valence-electron chi connectivity index (χ3n) is 2.88. The number of nitrogens with zero attached hydrogens (tertiary/aromatic N) is 1. The SMILES string of the molecule is CC(C)(CN)c1ncc(-c2ccc(Br)cc2)[nH]1. The number of hydrogen-bond donors (Lipinski definition) is 2. The van der Waals surface area contributed by atoms with Gasteiger partial charge in [-0.1, -0.05) is 41.9 Å². The molecule has 2 rings (SSSR count). The first-order valence-electron chi connectivity index (χ1n) is 5.54. The minimum Gasteiger partial charge on any atom is -0.342 e. The molecular weight excluding hydrogens is 278 g/mol. The highest BCUT2D eigenvalue weighted by molar-refractivity contribution is 9.10. The number of halogens is 1. The first-order valence-corrected chi connectivity index (χ1v) is 6.34. The Balaban J connectivity index is 2.33. The standard InChI is InChI=1S/C13H16BrN3/c1-13(2,8-15)12-16-7-11(17-12)9-3-5-10(14)6-4-9/h3-7H,8,15H2,1-2H3,(H,16,17). The molecule has 0 atom stereocenters. The second kappa shape index (κ2) is 4.63. The maximum Gasteiger partial charge on any atom is 0.113 e. The van der Waals surface area contributed by atoms with E-state index in [1.165, 1.54) is 0 Å². The van der Waals surface area contributed by atoms with E-state index in [9.17, 15) is 0 Å². The monoisotopic (exact) mass is 293 g/mol. The summed E-state index contributed by atoms with van der Waals surface area (Å²) in [6.07, 6.45) is 1.86. The average molecular weight is 294 g/mol. The number of imidazole rings is 1. The van der Waals surface area contributed by atoms with Gasteiger partial charge in [-0.05, 0) is 17.7 Å². The molecule has 2 aromatic rings. The van der Waals surface area contributed by atoms with E-state index in [-0.39, 0.29) is 5.41 Å². The van der Waals surface area contributed by atoms with Crippen LogP contribution in [0.2, 0.25) is 0 Å². The lowest BCUT2D eigenvalue weighted by Crippen LogP contribution is -2.29. The van der Waals surface area contributed by atoms with Crippen molar-refractivity contribution in [2.75, 3.05) is 6.54 Å². The van der Waals surface area contributed by atoms with E-state index in [0.29, 0.717) is 6.54 Å². The van der Waals surface area contributed by atoms with Gasteiger partial charge in [0.2, 0.25) is 0 Å². The normalized spacial score (nSPS) is 11.8. The number of hydrogen-bond acceptors (Lipinski definition) is 2. The van der Waals surface area contributed by atoms with Crippen LogP contribution in [0, 0.1) is 0 Å². The predicted molar refractivity (Wildman–Crippen MR) is 73.8 cm³/mol. The molecule has 0 amide bonds. The fourth-order valence-corrected chi connectivity index (χ4v) is 1.80. The highest BCUT2D eigenvalue weighted by Gasteiger charge is 2.22. The van der Waals surface area contributed by atoms with E-state index in [0.717, 1.165) is 21.6 Å². The van der Waals surface area contributed by atoms with Gasteiger partial charge in [-0.3, -0.25) is 0 Å². The molecule has 0 fully saturated rings. The Kier molecular flexibility index (Phi) is 3.35. The molecule has 17 heavy (non-hydrogen) atoms. The first kappa shape index (κ1) is 12.3. The highest BCUT2D eigenvalue weighted by Crippen LogP contribution is 2.24. The smallest absolute Gasteiger partial charge is 0.113 e. The lowest BCUT2D eigenvalue weighted by molar-refractivity contribution is 0.508. The van der Waals surface area contributed by atoms with Gasteiger partial charge < -0.3 is 10.7 Å². The summed E-state index contributed by atoms with van der Waals surface area (Å²) < 4.78 is 1.07. The van der Waals surface area contributed by atoms with Crippen molar-refractivity contribution >= 4 is 15.9 Å². The number of nitrogens with two attached hydrogens (primary N) is 1. The lowest BCUT2D eigenvalue weighted by Gasteiger charge is -2.18. The minimum atomic E-state index is -0.117. The van der Waals surface area contributed by atoms with Crippen LogP contribution in [0.15, 0.2) is 34.9 Å². The van der Waals surface area contributed by atoms with E-state index in [1.807, 2.05) is 18.3 Å². The van der Waals surface area contributed by atoms with Crippen molar-refractivity contribution in [2.24, 2.45) is 5.73 Å². The Morgan fingerprint density at radius 2 is 1.94 bits per heavy atom. The number of aromatic nitrogens is 2. The Morgan fingerprint density at radius 3 is 2.53 bits per heavy atom. The Hall–Kier alpha value is -1.13. The molecule has 0 radical (unpaired) electrons. The van der Waals surface area contributed by atoms with Crippen LogP contribution in [0.5, 0.6) is 0 Å². The van der Waals surface area contributed by atoms with Crippen molar-refractivity contribution < 1.29 is 0 Å². The van der Waals surface area contributed by atoms with Gasteiger partial charge in [-0.2, -0.15) is 0 Å². The molecule has 0 spiro atoms. The van der Waals surface area contributed by atoms with Gasteiger partial charge in [0.25, 0.3) is 0 Å². The van der Waals surface area contributed by atoms with Crippen LogP contribution in [0.3, 0.4) is 0 Å². The van der Waals surface area contributed by atoms with E-state index >= 15 is 0 Å². The van der Waals surface area contributed by atoms with Crippen LogP contribution in [0.25, 0.3) is 11.3 Å². The summed E-state index contributed by atoms with van der Waals surface area (Å²) in [5.41, 5.74) is 7.77. The van der Waals surface area contributed by atoms with E-state index in [2.05, 4.69) is 51.9 Å². The summed E-state index contributed by atoms with van der Waals surface area (Å²) in [6.45, 7) is 4.73. The van der Waals surface area contributed by atoms with Crippen LogP contribution in [0.4, 0.5) is 0 Å². The molecule has 3 nitrogen and oxygen atoms in total. The van der Waals surface area contributed by atoms with Crippen LogP contribution in [-0.4, -0.2) is 16.5 Å². The van der Waals surface area contributed by atoms with Crippen molar-refractivity contribution in [2.45, 2.75) is 19.3 Å². The fraction of sp³-hybridized carbons (Fsp3) is 0.308. The van der Waals surface area contributed by atoms with Crippen LogP contribution in [-0.2, 0) is 5.41 Å². The molecule has 0 aliphatic carbocycles. The Morgan fingerprint density at radius 1 is 1.29 bits per heavy atom. The molecule has 1 aromatic heterocycles. The summed E-state index contributed by atoms with van der Waals surface area (Å²) in [4.78, 5) is 7.74. The lowest BCUT2D eigenvalue weighted by atomic mass is 9.93. The molecular formula is C13H16BrN3. The third-order valence-corrected chi connectivity index (χ3v) is 3.41. The van der Waals surface area contributed by atoms with Gasteiger partial charge in [0.1, 0.15) is 5.82 Å². The number of benzene rings is 1. The van der Waals surface area contributed by atoms with Crippen LogP contribution in [0.1, 0.15) is 19.7 Å². The number of nitrogens with one attached hydrogen (secondary N) is 1. The molecule has 4 heteroatoms. The second-order valence-corrected chi connectivity index (χ2v) is 5.66. The average Bonchev–Trinajstić information content (AvgIpc) is 2.80. The Labute approximate surface area is 110 Å². The highest BCUT2D eigenvalue weighted by atomic mass is 79.9. The zero-order valence-electron chi connectivity index (χ0n) is 10.00. The fourth-order valence-electron chi connectivity index (χ4n) is 1.54. The molecule has 3 N–H and O–H groups in total. The summed E-state index contributed by atoms with van der Waals surface area (Å²) in [5, 5.41) is 0. The molecule has 90 valence electrons. The van der Waals surface area contributed by atoms with Crippen LogP contribution >= 0.6 is 15.9 Å².